The largest absolute Gasteiger partial charge is 0.353 e. The van der Waals surface area contributed by atoms with Crippen molar-refractivity contribution in [2.75, 3.05) is 7.05 Å². The second-order valence-electron chi connectivity index (χ2n) is 3.63. The van der Waals surface area contributed by atoms with Crippen molar-refractivity contribution in [2.24, 2.45) is 0 Å². The minimum absolute atomic E-state index is 0.177. The van der Waals surface area contributed by atoms with Gasteiger partial charge in [0.15, 0.2) is 0 Å². The molecule has 3 nitrogen and oxygen atoms in total. The highest BCUT2D eigenvalue weighted by Gasteiger charge is 2.52. The SMILES string of the molecule is CN1C(=S)S[C@@](C)(NO)C1(C)C. The minimum Gasteiger partial charge on any atom is -0.353 e. The third-order valence-corrected chi connectivity index (χ3v) is 4.76. The molecular formula is C7H14N2OS2. The Hall–Kier alpha value is 0.160. The minimum atomic E-state index is -0.418. The zero-order chi connectivity index (χ0) is 9.57. The molecule has 1 aliphatic rings. The average molecular weight is 206 g/mol. The summed E-state index contributed by atoms with van der Waals surface area (Å²) in [6, 6.07) is 0. The molecule has 0 aromatic rings. The van der Waals surface area contributed by atoms with E-state index in [2.05, 4.69) is 5.48 Å². The van der Waals surface area contributed by atoms with Gasteiger partial charge in [-0.1, -0.05) is 24.0 Å². The van der Waals surface area contributed by atoms with E-state index in [1.807, 2.05) is 32.7 Å². The molecule has 2 N–H and O–H groups in total. The van der Waals surface area contributed by atoms with Crippen LogP contribution in [-0.4, -0.2) is 31.9 Å². The summed E-state index contributed by atoms with van der Waals surface area (Å²) in [6.07, 6.45) is 0. The van der Waals surface area contributed by atoms with Gasteiger partial charge in [-0.05, 0) is 20.8 Å². The highest BCUT2D eigenvalue weighted by Crippen LogP contribution is 2.45. The monoisotopic (exact) mass is 206 g/mol. The maximum atomic E-state index is 9.04. The van der Waals surface area contributed by atoms with Gasteiger partial charge in [-0.3, -0.25) is 0 Å². The molecule has 0 radical (unpaired) electrons. The Morgan fingerprint density at radius 3 is 2.17 bits per heavy atom. The fraction of sp³-hybridized carbons (Fsp3) is 0.857. The van der Waals surface area contributed by atoms with E-state index < -0.39 is 4.87 Å². The molecule has 0 aromatic carbocycles. The molecule has 1 saturated heterocycles. The Bertz CT molecular complexity index is 217. The van der Waals surface area contributed by atoms with Crippen molar-refractivity contribution in [1.29, 1.82) is 0 Å². The van der Waals surface area contributed by atoms with Crippen LogP contribution in [0.15, 0.2) is 0 Å². The summed E-state index contributed by atoms with van der Waals surface area (Å²) in [5.74, 6) is 0. The van der Waals surface area contributed by atoms with Gasteiger partial charge in [0.25, 0.3) is 0 Å². The molecule has 70 valence electrons. The van der Waals surface area contributed by atoms with Gasteiger partial charge in [0, 0.05) is 7.05 Å². The molecule has 1 fully saturated rings. The standard InChI is InChI=1S/C7H14N2OS2/c1-6(2)7(3,8-10)12-5(11)9(6)4/h8,10H,1-4H3/t7-/m1/s1. The second-order valence-corrected chi connectivity index (χ2v) is 5.68. The van der Waals surface area contributed by atoms with Crippen LogP contribution in [0.3, 0.4) is 0 Å². The maximum absolute atomic E-state index is 9.04. The van der Waals surface area contributed by atoms with Crippen LogP contribution in [0.25, 0.3) is 0 Å². The molecule has 0 unspecified atom stereocenters. The van der Waals surface area contributed by atoms with Crippen molar-refractivity contribution in [3.05, 3.63) is 0 Å². The normalized spacial score (nSPS) is 34.4. The number of nitrogens with one attached hydrogen (secondary N) is 1. The molecule has 1 heterocycles. The Morgan fingerprint density at radius 1 is 1.50 bits per heavy atom. The van der Waals surface area contributed by atoms with E-state index in [9.17, 15) is 0 Å². The predicted molar refractivity (Wildman–Crippen MR) is 55.4 cm³/mol. The number of hydroxylamine groups is 1. The molecule has 0 bridgehead atoms. The van der Waals surface area contributed by atoms with Gasteiger partial charge in [0.05, 0.1) is 5.54 Å². The van der Waals surface area contributed by atoms with Crippen LogP contribution in [-0.2, 0) is 0 Å². The molecule has 5 heteroatoms. The molecule has 1 aliphatic heterocycles. The average Bonchev–Trinajstić information content (AvgIpc) is 2.14. The van der Waals surface area contributed by atoms with Crippen LogP contribution in [0, 0.1) is 0 Å². The lowest BCUT2D eigenvalue weighted by Crippen LogP contribution is -2.56. The van der Waals surface area contributed by atoms with Crippen molar-refractivity contribution in [3.8, 4) is 0 Å². The lowest BCUT2D eigenvalue weighted by atomic mass is 9.95. The second kappa shape index (κ2) is 2.83. The van der Waals surface area contributed by atoms with Gasteiger partial charge >= 0.3 is 0 Å². The van der Waals surface area contributed by atoms with E-state index in [1.54, 1.807) is 0 Å². The van der Waals surface area contributed by atoms with E-state index in [1.165, 1.54) is 11.8 Å². The van der Waals surface area contributed by atoms with Gasteiger partial charge in [0.1, 0.15) is 9.19 Å². The summed E-state index contributed by atoms with van der Waals surface area (Å²) in [4.78, 5) is 1.58. The Labute approximate surface area is 82.5 Å². The van der Waals surface area contributed by atoms with Gasteiger partial charge in [-0.15, -0.1) is 0 Å². The fourth-order valence-corrected chi connectivity index (χ4v) is 2.95. The third kappa shape index (κ3) is 1.16. The molecule has 12 heavy (non-hydrogen) atoms. The van der Waals surface area contributed by atoms with Gasteiger partial charge < -0.3 is 10.1 Å². The Kier molecular flexibility index (Phi) is 2.42. The molecule has 0 amide bonds. The first kappa shape index (κ1) is 10.2. The zero-order valence-electron chi connectivity index (χ0n) is 7.71. The first-order valence-corrected chi connectivity index (χ1v) is 4.96. The van der Waals surface area contributed by atoms with E-state index in [4.69, 9.17) is 17.4 Å². The van der Waals surface area contributed by atoms with Gasteiger partial charge in [0.2, 0.25) is 0 Å². The van der Waals surface area contributed by atoms with Crippen molar-refractivity contribution >= 4 is 28.3 Å². The number of hydrogen-bond donors (Lipinski definition) is 2. The van der Waals surface area contributed by atoms with Crippen molar-refractivity contribution in [3.63, 3.8) is 0 Å². The summed E-state index contributed by atoms with van der Waals surface area (Å²) < 4.78 is 0.809. The molecule has 1 rings (SSSR count). The third-order valence-electron chi connectivity index (χ3n) is 2.78. The molecule has 0 spiro atoms. The number of hydrogen-bond acceptors (Lipinski definition) is 4. The quantitative estimate of drug-likeness (QED) is 0.501. The van der Waals surface area contributed by atoms with Crippen molar-refractivity contribution < 1.29 is 5.21 Å². The predicted octanol–water partition coefficient (Wildman–Crippen LogP) is 1.42. The highest BCUT2D eigenvalue weighted by molar-refractivity contribution is 8.24. The van der Waals surface area contributed by atoms with Crippen LogP contribution >= 0.6 is 24.0 Å². The molecular weight excluding hydrogens is 192 g/mol. The van der Waals surface area contributed by atoms with Crippen LogP contribution in [0.2, 0.25) is 0 Å². The van der Waals surface area contributed by atoms with E-state index in [0.717, 1.165) is 4.32 Å². The van der Waals surface area contributed by atoms with Crippen LogP contribution in [0.4, 0.5) is 0 Å². The number of thioether (sulfide) groups is 1. The molecule has 0 aromatic heterocycles. The molecule has 1 atom stereocenters. The van der Waals surface area contributed by atoms with E-state index in [0.29, 0.717) is 0 Å². The number of nitrogens with zero attached hydrogens (tertiary/aromatic N) is 1. The number of thiocarbonyl (C=S) groups is 1. The Balaban J connectivity index is 3.02. The smallest absolute Gasteiger partial charge is 0.138 e. The van der Waals surface area contributed by atoms with Gasteiger partial charge in [-0.25, -0.2) is 0 Å². The summed E-state index contributed by atoms with van der Waals surface area (Å²) in [5.41, 5.74) is 2.15. The van der Waals surface area contributed by atoms with Crippen molar-refractivity contribution in [1.82, 2.24) is 10.4 Å². The number of likely N-dealkylation sites (N-methyl/N-ethyl adjacent to an activating group) is 1. The van der Waals surface area contributed by atoms with E-state index >= 15 is 0 Å². The topological polar surface area (TPSA) is 35.5 Å². The van der Waals surface area contributed by atoms with Crippen LogP contribution < -0.4 is 5.48 Å². The summed E-state index contributed by atoms with van der Waals surface area (Å²) in [6.45, 7) is 6.03. The first-order chi connectivity index (χ1) is 5.35. The Morgan fingerprint density at radius 2 is 2.00 bits per heavy atom. The lowest BCUT2D eigenvalue weighted by molar-refractivity contribution is 0.0529. The first-order valence-electron chi connectivity index (χ1n) is 3.73. The number of rotatable bonds is 1. The highest BCUT2D eigenvalue weighted by atomic mass is 32.2. The van der Waals surface area contributed by atoms with Crippen molar-refractivity contribution in [2.45, 2.75) is 31.2 Å². The summed E-state index contributed by atoms with van der Waals surface area (Å²) in [7, 11) is 1.94. The molecule has 0 aliphatic carbocycles. The lowest BCUT2D eigenvalue weighted by Gasteiger charge is -2.39. The van der Waals surface area contributed by atoms with Crippen LogP contribution in [0.1, 0.15) is 20.8 Å². The fourth-order valence-electron chi connectivity index (χ4n) is 1.08. The summed E-state index contributed by atoms with van der Waals surface area (Å²) in [5, 5.41) is 9.04. The van der Waals surface area contributed by atoms with E-state index in [-0.39, 0.29) is 5.54 Å². The summed E-state index contributed by atoms with van der Waals surface area (Å²) >= 11 is 6.62. The van der Waals surface area contributed by atoms with Gasteiger partial charge in [-0.2, -0.15) is 5.48 Å². The molecule has 0 saturated carbocycles. The maximum Gasteiger partial charge on any atom is 0.138 e. The zero-order valence-corrected chi connectivity index (χ0v) is 9.34. The van der Waals surface area contributed by atoms with Crippen LogP contribution in [0.5, 0.6) is 0 Å².